The van der Waals surface area contributed by atoms with E-state index in [4.69, 9.17) is 14.5 Å². The zero-order valence-electron chi connectivity index (χ0n) is 18.7. The summed E-state index contributed by atoms with van der Waals surface area (Å²) in [6.45, 7) is 4.21. The summed E-state index contributed by atoms with van der Waals surface area (Å²) in [7, 11) is 1.83. The van der Waals surface area contributed by atoms with Crippen molar-refractivity contribution in [3.63, 3.8) is 0 Å². The summed E-state index contributed by atoms with van der Waals surface area (Å²) in [4.78, 5) is 13.1. The summed E-state index contributed by atoms with van der Waals surface area (Å²) in [5.74, 6) is 1.33. The van der Waals surface area contributed by atoms with E-state index in [1.54, 1.807) is 4.68 Å². The van der Waals surface area contributed by atoms with E-state index in [2.05, 4.69) is 26.3 Å². The fourth-order valence-corrected chi connectivity index (χ4v) is 3.88. The molecule has 0 aliphatic heterocycles. The van der Waals surface area contributed by atoms with Crippen molar-refractivity contribution in [1.82, 2.24) is 29.9 Å². The van der Waals surface area contributed by atoms with Crippen molar-refractivity contribution < 1.29 is 9.47 Å². The second kappa shape index (κ2) is 9.73. The molecule has 0 aromatic carbocycles. The molecule has 3 aromatic heterocycles. The minimum Gasteiger partial charge on any atom is -0.488 e. The highest BCUT2D eigenvalue weighted by atomic mass is 16.5. The summed E-state index contributed by atoms with van der Waals surface area (Å²) < 4.78 is 13.7. The lowest BCUT2D eigenvalue weighted by Crippen LogP contribution is -2.25. The molecule has 9 nitrogen and oxygen atoms in total. The van der Waals surface area contributed by atoms with Gasteiger partial charge in [0.2, 0.25) is 5.88 Å². The van der Waals surface area contributed by atoms with Crippen LogP contribution in [0, 0.1) is 24.2 Å². The summed E-state index contributed by atoms with van der Waals surface area (Å²) in [5, 5.41) is 17.7. The van der Waals surface area contributed by atoms with Crippen LogP contribution in [0.2, 0.25) is 0 Å². The molecule has 32 heavy (non-hydrogen) atoms. The molecule has 1 aliphatic rings. The molecule has 0 N–H and O–H groups in total. The molecule has 0 saturated heterocycles. The minimum absolute atomic E-state index is 0.0566. The van der Waals surface area contributed by atoms with Gasteiger partial charge in [-0.15, -0.1) is 5.10 Å². The quantitative estimate of drug-likeness (QED) is 0.556. The predicted octanol–water partition coefficient (Wildman–Crippen LogP) is 3.58. The van der Waals surface area contributed by atoms with Gasteiger partial charge in [-0.2, -0.15) is 5.26 Å². The van der Waals surface area contributed by atoms with Crippen LogP contribution in [0.5, 0.6) is 11.6 Å². The van der Waals surface area contributed by atoms with Gasteiger partial charge in [0.25, 0.3) is 0 Å². The van der Waals surface area contributed by atoms with Crippen LogP contribution in [0.25, 0.3) is 11.4 Å². The van der Waals surface area contributed by atoms with Gasteiger partial charge in [0, 0.05) is 31.1 Å². The van der Waals surface area contributed by atoms with E-state index in [1.165, 1.54) is 6.33 Å². The average Bonchev–Trinajstić information content (AvgIpc) is 3.19. The highest BCUT2D eigenvalue weighted by Crippen LogP contribution is 2.30. The van der Waals surface area contributed by atoms with Crippen LogP contribution in [0.3, 0.4) is 0 Å². The number of nitriles is 1. The first kappa shape index (κ1) is 21.7. The maximum atomic E-state index is 9.21. The lowest BCUT2D eigenvalue weighted by Gasteiger charge is -2.26. The van der Waals surface area contributed by atoms with Gasteiger partial charge in [-0.25, -0.2) is 19.6 Å². The standard InChI is InChI=1S/C23H27N7O2/c1-4-17-11-22(26-14-25-17)31-13-20-23(28-29-30(20)3)19-8-9-21(15(2)27-19)32-18-7-5-6-16(10-18)12-24/h8-9,11,14,16,18H,4-7,10,13H2,1-3H3/t16-,18-/m0/s1. The summed E-state index contributed by atoms with van der Waals surface area (Å²) in [6.07, 6.45) is 6.08. The molecule has 2 atom stereocenters. The van der Waals surface area contributed by atoms with E-state index in [0.717, 1.165) is 54.9 Å². The molecule has 0 amide bonds. The number of rotatable bonds is 7. The fraction of sp³-hybridized carbons (Fsp3) is 0.478. The van der Waals surface area contributed by atoms with E-state index < -0.39 is 0 Å². The van der Waals surface area contributed by atoms with Crippen molar-refractivity contribution in [2.45, 2.75) is 58.7 Å². The maximum Gasteiger partial charge on any atom is 0.216 e. The molecule has 166 valence electrons. The Bertz CT molecular complexity index is 1120. The fourth-order valence-electron chi connectivity index (χ4n) is 3.88. The summed E-state index contributed by atoms with van der Waals surface area (Å²) >= 11 is 0. The predicted molar refractivity (Wildman–Crippen MR) is 117 cm³/mol. The van der Waals surface area contributed by atoms with Crippen molar-refractivity contribution in [1.29, 1.82) is 5.26 Å². The van der Waals surface area contributed by atoms with Gasteiger partial charge >= 0.3 is 0 Å². The van der Waals surface area contributed by atoms with Crippen LogP contribution in [0.4, 0.5) is 0 Å². The Morgan fingerprint density at radius 1 is 1.25 bits per heavy atom. The Labute approximate surface area is 187 Å². The number of nitrogens with zero attached hydrogens (tertiary/aromatic N) is 7. The third-order valence-electron chi connectivity index (χ3n) is 5.74. The minimum atomic E-state index is 0.0566. The van der Waals surface area contributed by atoms with Gasteiger partial charge < -0.3 is 9.47 Å². The number of aryl methyl sites for hydroxylation is 3. The Kier molecular flexibility index (Phi) is 6.59. The molecule has 0 bridgehead atoms. The molecule has 1 fully saturated rings. The van der Waals surface area contributed by atoms with Crippen molar-refractivity contribution in [3.05, 3.63) is 41.6 Å². The third-order valence-corrected chi connectivity index (χ3v) is 5.74. The Hall–Kier alpha value is -3.54. The van der Waals surface area contributed by atoms with Gasteiger partial charge in [-0.3, -0.25) is 0 Å². The Balaban J connectivity index is 1.49. The zero-order valence-corrected chi connectivity index (χ0v) is 18.7. The zero-order chi connectivity index (χ0) is 22.5. The van der Waals surface area contributed by atoms with Gasteiger partial charge in [0.1, 0.15) is 36.2 Å². The molecule has 9 heteroatoms. The Morgan fingerprint density at radius 3 is 2.91 bits per heavy atom. The maximum absolute atomic E-state index is 9.21. The topological polar surface area (TPSA) is 112 Å². The third kappa shape index (κ3) is 4.85. The largest absolute Gasteiger partial charge is 0.488 e. The van der Waals surface area contributed by atoms with Crippen LogP contribution in [0.1, 0.15) is 49.7 Å². The molecular weight excluding hydrogens is 406 g/mol. The number of hydrogen-bond donors (Lipinski definition) is 0. The smallest absolute Gasteiger partial charge is 0.216 e. The van der Waals surface area contributed by atoms with Gasteiger partial charge in [-0.05, 0) is 44.7 Å². The first-order valence-corrected chi connectivity index (χ1v) is 10.9. The highest BCUT2D eigenvalue weighted by Gasteiger charge is 2.24. The number of aromatic nitrogens is 6. The highest BCUT2D eigenvalue weighted by molar-refractivity contribution is 5.58. The molecule has 1 saturated carbocycles. The van der Waals surface area contributed by atoms with Gasteiger partial charge in [0.05, 0.1) is 17.5 Å². The molecule has 3 heterocycles. The molecule has 0 spiro atoms. The lowest BCUT2D eigenvalue weighted by molar-refractivity contribution is 0.137. The molecule has 0 radical (unpaired) electrons. The van der Waals surface area contributed by atoms with E-state index in [1.807, 2.05) is 39.1 Å². The monoisotopic (exact) mass is 433 g/mol. The van der Waals surface area contributed by atoms with E-state index in [0.29, 0.717) is 17.3 Å². The molecular formula is C23H27N7O2. The normalized spacial score (nSPS) is 18.2. The Morgan fingerprint density at radius 2 is 2.12 bits per heavy atom. The molecule has 3 aromatic rings. The second-order valence-electron chi connectivity index (χ2n) is 8.01. The number of pyridine rings is 1. The van der Waals surface area contributed by atoms with Crippen molar-refractivity contribution in [2.75, 3.05) is 0 Å². The van der Waals surface area contributed by atoms with E-state index >= 15 is 0 Å². The van der Waals surface area contributed by atoms with Crippen LogP contribution < -0.4 is 9.47 Å². The van der Waals surface area contributed by atoms with E-state index in [9.17, 15) is 5.26 Å². The van der Waals surface area contributed by atoms with Crippen LogP contribution in [0.15, 0.2) is 24.5 Å². The van der Waals surface area contributed by atoms with Crippen LogP contribution in [-0.2, 0) is 20.1 Å². The molecule has 0 unspecified atom stereocenters. The second-order valence-corrected chi connectivity index (χ2v) is 8.01. The molecule has 4 rings (SSSR count). The summed E-state index contributed by atoms with van der Waals surface area (Å²) in [6, 6.07) is 8.01. The first-order valence-electron chi connectivity index (χ1n) is 10.9. The van der Waals surface area contributed by atoms with Gasteiger partial charge in [-0.1, -0.05) is 12.1 Å². The number of hydrogen-bond acceptors (Lipinski definition) is 8. The van der Waals surface area contributed by atoms with Crippen molar-refractivity contribution >= 4 is 0 Å². The summed E-state index contributed by atoms with van der Waals surface area (Å²) in [5.41, 5.74) is 3.87. The van der Waals surface area contributed by atoms with Crippen molar-refractivity contribution in [2.24, 2.45) is 13.0 Å². The van der Waals surface area contributed by atoms with Crippen LogP contribution in [-0.4, -0.2) is 36.0 Å². The first-order chi connectivity index (χ1) is 15.6. The van der Waals surface area contributed by atoms with Crippen LogP contribution >= 0.6 is 0 Å². The van der Waals surface area contributed by atoms with Crippen molar-refractivity contribution in [3.8, 4) is 29.1 Å². The number of ether oxygens (including phenoxy) is 2. The van der Waals surface area contributed by atoms with Gasteiger partial charge in [0.15, 0.2) is 0 Å². The average molecular weight is 434 g/mol. The molecule has 1 aliphatic carbocycles. The SMILES string of the molecule is CCc1cc(OCc2c(-c3ccc(O[C@H]4CCC[C@H](C#N)C4)c(C)n3)nnn2C)ncn1. The lowest BCUT2D eigenvalue weighted by atomic mass is 9.88. The van der Waals surface area contributed by atoms with E-state index in [-0.39, 0.29) is 18.6 Å².